The van der Waals surface area contributed by atoms with E-state index in [1.807, 2.05) is 40.7 Å². The fraction of sp³-hybridized carbons (Fsp3) is 0.429. The first-order chi connectivity index (χ1) is 12.8. The summed E-state index contributed by atoms with van der Waals surface area (Å²) in [5.41, 5.74) is 1.37. The van der Waals surface area contributed by atoms with Gasteiger partial charge < -0.3 is 14.4 Å². The first-order valence-corrected chi connectivity index (χ1v) is 9.20. The maximum Gasteiger partial charge on any atom is 0.410 e. The second-order valence-corrected chi connectivity index (χ2v) is 6.96. The number of carbonyl (C=O) groups excluding carboxylic acids is 1. The molecule has 0 unspecified atom stereocenters. The van der Waals surface area contributed by atoms with E-state index in [0.29, 0.717) is 31.1 Å². The molecule has 0 aliphatic carbocycles. The maximum atomic E-state index is 12.9. The number of hydrogen-bond donors (Lipinski definition) is 0. The fourth-order valence-electron chi connectivity index (χ4n) is 2.56. The van der Waals surface area contributed by atoms with Crippen LogP contribution in [0.1, 0.15) is 45.9 Å². The Bertz CT molecular complexity index is 770. The van der Waals surface area contributed by atoms with E-state index >= 15 is 0 Å². The van der Waals surface area contributed by atoms with Gasteiger partial charge in [-0.1, -0.05) is 19.9 Å². The molecule has 1 aromatic carbocycles. The highest BCUT2D eigenvalue weighted by molar-refractivity contribution is 5.68. The molecule has 2 heterocycles. The Morgan fingerprint density at radius 2 is 1.78 bits per heavy atom. The van der Waals surface area contributed by atoms with Crippen LogP contribution in [0.15, 0.2) is 36.4 Å². The van der Waals surface area contributed by atoms with Crippen molar-refractivity contribution in [2.75, 3.05) is 6.54 Å². The molecular weight excluding hydrogens is 347 g/mol. The average molecular weight is 374 g/mol. The minimum Gasteiger partial charge on any atom is -0.444 e. The van der Waals surface area contributed by atoms with E-state index in [9.17, 15) is 9.18 Å². The third kappa shape index (κ3) is 5.94. The zero-order chi connectivity index (χ0) is 20.0. The zero-order valence-electron chi connectivity index (χ0n) is 16.6. The molecule has 1 aromatic heterocycles. The predicted octanol–water partition coefficient (Wildman–Crippen LogP) is 5.33. The van der Waals surface area contributed by atoms with Crippen molar-refractivity contribution in [3.63, 3.8) is 0 Å². The van der Waals surface area contributed by atoms with Crippen molar-refractivity contribution in [3.05, 3.63) is 53.5 Å². The van der Waals surface area contributed by atoms with Crippen LogP contribution in [0, 0.1) is 5.82 Å². The molecule has 0 spiro atoms. The first-order valence-electron chi connectivity index (χ1n) is 9.20. The lowest BCUT2D eigenvalue weighted by Crippen LogP contribution is -2.40. The summed E-state index contributed by atoms with van der Waals surface area (Å²) in [6.07, 6.45) is 0.319. The highest BCUT2D eigenvalue weighted by Crippen LogP contribution is 2.25. The van der Waals surface area contributed by atoms with Gasteiger partial charge in [-0.2, -0.15) is 0 Å². The quantitative estimate of drug-likeness (QED) is 0.713. The Morgan fingerprint density at radius 3 is 2.41 bits per heavy atom. The number of pyridine rings is 1. The van der Waals surface area contributed by atoms with E-state index in [0.717, 1.165) is 11.3 Å². The number of aromatic nitrogens is 1. The lowest BCUT2D eigenvalue weighted by molar-refractivity contribution is 0.0222. The Kier molecular flexibility index (Phi) is 6.77. The molecular formula is C21H27FN2O3. The summed E-state index contributed by atoms with van der Waals surface area (Å²) in [4.78, 5) is 18.4. The lowest BCUT2D eigenvalue weighted by atomic mass is 10.1. The predicted molar refractivity (Wildman–Crippen MR) is 102 cm³/mol. The standard InChI is InChI=1S/C19H21FN2O3.C2H6/c1-19(2,3)25-18(23)22-11-10-16-13(12-22)4-9-17(21-16)24-15-7-5-14(20)6-8-15;1-2/h4-9H,10-12H2,1-3H3;1-2H3. The molecule has 5 nitrogen and oxygen atoms in total. The summed E-state index contributed by atoms with van der Waals surface area (Å²) in [5.74, 6) is 0.670. The summed E-state index contributed by atoms with van der Waals surface area (Å²) in [6, 6.07) is 9.44. The lowest BCUT2D eigenvalue weighted by Gasteiger charge is -2.30. The van der Waals surface area contributed by atoms with Crippen LogP contribution in [0.3, 0.4) is 0 Å². The minimum absolute atomic E-state index is 0.312. The van der Waals surface area contributed by atoms with E-state index in [2.05, 4.69) is 4.98 Å². The highest BCUT2D eigenvalue weighted by Gasteiger charge is 2.26. The third-order valence-corrected chi connectivity index (χ3v) is 3.71. The van der Waals surface area contributed by atoms with E-state index in [1.165, 1.54) is 12.1 Å². The molecule has 0 bridgehead atoms. The molecule has 0 N–H and O–H groups in total. The number of nitrogens with zero attached hydrogens (tertiary/aromatic N) is 2. The van der Waals surface area contributed by atoms with Crippen LogP contribution in [-0.2, 0) is 17.7 Å². The molecule has 0 radical (unpaired) electrons. The van der Waals surface area contributed by atoms with Gasteiger partial charge in [-0.25, -0.2) is 14.2 Å². The molecule has 0 saturated heterocycles. The number of fused-ring (bicyclic) bond motifs is 1. The summed E-state index contributed by atoms with van der Waals surface area (Å²) >= 11 is 0. The van der Waals surface area contributed by atoms with Crippen LogP contribution in [0.4, 0.5) is 9.18 Å². The van der Waals surface area contributed by atoms with Crippen LogP contribution >= 0.6 is 0 Å². The van der Waals surface area contributed by atoms with Crippen molar-refractivity contribution >= 4 is 6.09 Å². The molecule has 0 saturated carbocycles. The largest absolute Gasteiger partial charge is 0.444 e. The normalized spacial score (nSPS) is 13.2. The van der Waals surface area contributed by atoms with Crippen LogP contribution in [0.5, 0.6) is 11.6 Å². The smallest absolute Gasteiger partial charge is 0.410 e. The topological polar surface area (TPSA) is 51.7 Å². The summed E-state index contributed by atoms with van der Waals surface area (Å²) in [7, 11) is 0. The Hall–Kier alpha value is -2.63. The van der Waals surface area contributed by atoms with Crippen LogP contribution in [-0.4, -0.2) is 28.1 Å². The molecule has 0 atom stereocenters. The molecule has 6 heteroatoms. The van der Waals surface area contributed by atoms with Gasteiger partial charge in [0.1, 0.15) is 17.2 Å². The van der Waals surface area contributed by atoms with Gasteiger partial charge in [-0.05, 0) is 50.6 Å². The van der Waals surface area contributed by atoms with Crippen molar-refractivity contribution in [1.29, 1.82) is 0 Å². The van der Waals surface area contributed by atoms with Gasteiger partial charge >= 0.3 is 6.09 Å². The Balaban J connectivity index is 0.00000126. The van der Waals surface area contributed by atoms with Crippen molar-refractivity contribution in [2.24, 2.45) is 0 Å². The SMILES string of the molecule is CC.CC(C)(C)OC(=O)N1CCc2nc(Oc3ccc(F)cc3)ccc2C1. The Morgan fingerprint density at radius 1 is 1.11 bits per heavy atom. The van der Waals surface area contributed by atoms with Crippen LogP contribution < -0.4 is 4.74 Å². The summed E-state index contributed by atoms with van der Waals surface area (Å²) in [5, 5.41) is 0. The van der Waals surface area contributed by atoms with Gasteiger partial charge in [0.2, 0.25) is 5.88 Å². The second-order valence-electron chi connectivity index (χ2n) is 6.96. The molecule has 146 valence electrons. The summed E-state index contributed by atoms with van der Waals surface area (Å²) in [6.45, 7) is 10.6. The van der Waals surface area contributed by atoms with Crippen LogP contribution in [0.2, 0.25) is 0 Å². The highest BCUT2D eigenvalue weighted by atomic mass is 19.1. The monoisotopic (exact) mass is 374 g/mol. The van der Waals surface area contributed by atoms with Gasteiger partial charge in [-0.15, -0.1) is 0 Å². The molecule has 1 amide bonds. The van der Waals surface area contributed by atoms with E-state index < -0.39 is 5.60 Å². The van der Waals surface area contributed by atoms with E-state index in [4.69, 9.17) is 9.47 Å². The molecule has 1 aliphatic heterocycles. The third-order valence-electron chi connectivity index (χ3n) is 3.71. The molecule has 1 aliphatic rings. The number of hydrogen-bond acceptors (Lipinski definition) is 4. The number of ether oxygens (including phenoxy) is 2. The minimum atomic E-state index is -0.511. The molecule has 0 fully saturated rings. The molecule has 27 heavy (non-hydrogen) atoms. The summed E-state index contributed by atoms with van der Waals surface area (Å²) < 4.78 is 24.0. The molecule has 3 rings (SSSR count). The number of rotatable bonds is 2. The van der Waals surface area contributed by atoms with E-state index in [1.54, 1.807) is 23.1 Å². The Labute approximate surface area is 160 Å². The number of amides is 1. The van der Waals surface area contributed by atoms with Crippen molar-refractivity contribution < 1.29 is 18.7 Å². The van der Waals surface area contributed by atoms with Crippen molar-refractivity contribution in [3.8, 4) is 11.6 Å². The fourth-order valence-corrected chi connectivity index (χ4v) is 2.56. The van der Waals surface area contributed by atoms with Crippen molar-refractivity contribution in [2.45, 2.75) is 53.2 Å². The number of halogens is 1. The van der Waals surface area contributed by atoms with E-state index in [-0.39, 0.29) is 11.9 Å². The van der Waals surface area contributed by atoms with Crippen molar-refractivity contribution in [1.82, 2.24) is 9.88 Å². The maximum absolute atomic E-state index is 12.9. The van der Waals surface area contributed by atoms with Crippen LogP contribution in [0.25, 0.3) is 0 Å². The van der Waals surface area contributed by atoms with Gasteiger partial charge in [-0.3, -0.25) is 0 Å². The molecule has 2 aromatic rings. The zero-order valence-corrected chi connectivity index (χ0v) is 16.6. The van der Waals surface area contributed by atoms with Gasteiger partial charge in [0, 0.05) is 19.0 Å². The first kappa shape index (κ1) is 20.7. The van der Waals surface area contributed by atoms with Gasteiger partial charge in [0.15, 0.2) is 0 Å². The number of carbonyl (C=O) groups is 1. The van der Waals surface area contributed by atoms with Gasteiger partial charge in [0.25, 0.3) is 0 Å². The van der Waals surface area contributed by atoms with Gasteiger partial charge in [0.05, 0.1) is 12.2 Å². The second kappa shape index (κ2) is 8.84. The number of benzene rings is 1. The average Bonchev–Trinajstić information content (AvgIpc) is 2.63.